The van der Waals surface area contributed by atoms with Crippen molar-refractivity contribution in [2.75, 3.05) is 56.1 Å². The number of halogens is 1. The normalized spacial score (nSPS) is 20.7. The van der Waals surface area contributed by atoms with Gasteiger partial charge in [-0.3, -0.25) is 4.90 Å². The number of amides is 1. The van der Waals surface area contributed by atoms with E-state index < -0.39 is 22.1 Å². The summed E-state index contributed by atoms with van der Waals surface area (Å²) in [7, 11) is -2.12. The van der Waals surface area contributed by atoms with Crippen molar-refractivity contribution in [3.63, 3.8) is 0 Å². The molecule has 9 nitrogen and oxygen atoms in total. The van der Waals surface area contributed by atoms with E-state index in [1.54, 1.807) is 24.0 Å². The van der Waals surface area contributed by atoms with Crippen LogP contribution in [0.3, 0.4) is 0 Å². The second-order valence-corrected chi connectivity index (χ2v) is 9.27. The van der Waals surface area contributed by atoms with Crippen LogP contribution in [0.15, 0.2) is 18.2 Å². The number of carbonyl (C=O) groups is 1. The van der Waals surface area contributed by atoms with Crippen molar-refractivity contribution in [3.05, 3.63) is 24.0 Å². The van der Waals surface area contributed by atoms with Crippen LogP contribution in [0.2, 0.25) is 0 Å². The monoisotopic (exact) mass is 445 g/mol. The van der Waals surface area contributed by atoms with E-state index in [9.17, 15) is 17.6 Å². The minimum Gasteiger partial charge on any atom is -0.442 e. The maximum absolute atomic E-state index is 14.8. The van der Waals surface area contributed by atoms with E-state index in [0.29, 0.717) is 42.5 Å². The molecule has 2 saturated heterocycles. The van der Waals surface area contributed by atoms with Crippen molar-refractivity contribution < 1.29 is 22.3 Å². The summed E-state index contributed by atoms with van der Waals surface area (Å²) in [5.41, 5.74) is 0.784. The lowest BCUT2D eigenvalue weighted by atomic mass is 10.2. The number of nitrogens with zero attached hydrogens (tertiary/aromatic N) is 3. The molecule has 1 aromatic carbocycles. The Balaban J connectivity index is 1.65. The molecule has 1 aromatic rings. The summed E-state index contributed by atoms with van der Waals surface area (Å²) in [5, 5.41) is 2.96. The number of rotatable bonds is 6. The van der Waals surface area contributed by atoms with E-state index in [2.05, 4.69) is 10.0 Å². The number of cyclic esters (lactones) is 1. The molecule has 12 heteroatoms. The Morgan fingerprint density at radius 3 is 2.59 bits per heavy atom. The molecular formula is C17H24FN5O4S2. The van der Waals surface area contributed by atoms with Gasteiger partial charge in [0.15, 0.2) is 0 Å². The van der Waals surface area contributed by atoms with Gasteiger partial charge in [-0.25, -0.2) is 13.9 Å². The highest BCUT2D eigenvalue weighted by Crippen LogP contribution is 2.28. The number of anilines is 2. The third-order valence-electron chi connectivity index (χ3n) is 4.87. The summed E-state index contributed by atoms with van der Waals surface area (Å²) in [6, 6.07) is 4.57. The Hall–Kier alpha value is -2.02. The van der Waals surface area contributed by atoms with Gasteiger partial charge in [-0.1, -0.05) is 12.2 Å². The smallest absolute Gasteiger partial charge is 0.414 e. The fourth-order valence-electron chi connectivity index (χ4n) is 3.31. The van der Waals surface area contributed by atoms with Gasteiger partial charge in [-0.2, -0.15) is 12.7 Å². The maximum atomic E-state index is 14.8. The molecule has 2 fully saturated rings. The molecule has 0 aliphatic carbocycles. The summed E-state index contributed by atoms with van der Waals surface area (Å²) >= 11 is 4.95. The summed E-state index contributed by atoms with van der Waals surface area (Å²) in [6.07, 6.45) is -0.901. The lowest BCUT2D eigenvalue weighted by molar-refractivity contribution is 0.143. The number of hydrogen-bond acceptors (Lipinski definition) is 6. The highest BCUT2D eigenvalue weighted by molar-refractivity contribution is 7.87. The predicted molar refractivity (Wildman–Crippen MR) is 112 cm³/mol. The van der Waals surface area contributed by atoms with Crippen molar-refractivity contribution in [2.24, 2.45) is 0 Å². The lowest BCUT2D eigenvalue weighted by Gasteiger charge is -2.35. The third-order valence-corrected chi connectivity index (χ3v) is 6.58. The van der Waals surface area contributed by atoms with Crippen molar-refractivity contribution in [2.45, 2.75) is 13.0 Å². The first-order valence-electron chi connectivity index (χ1n) is 9.17. The van der Waals surface area contributed by atoms with E-state index in [-0.39, 0.29) is 19.2 Å². The third kappa shape index (κ3) is 4.94. The first-order chi connectivity index (χ1) is 13.7. The van der Waals surface area contributed by atoms with Gasteiger partial charge in [0.25, 0.3) is 10.2 Å². The highest BCUT2D eigenvalue weighted by atomic mass is 32.2. The molecule has 0 aromatic heterocycles. The van der Waals surface area contributed by atoms with Gasteiger partial charge in [-0.05, 0) is 25.1 Å². The Morgan fingerprint density at radius 2 is 2.00 bits per heavy atom. The first-order valence-corrected chi connectivity index (χ1v) is 11.0. The van der Waals surface area contributed by atoms with Crippen LogP contribution < -0.4 is 19.8 Å². The zero-order valence-corrected chi connectivity index (χ0v) is 17.9. The number of carbonyl (C=O) groups excluding carboxylic acids is 1. The van der Waals surface area contributed by atoms with Gasteiger partial charge in [0.1, 0.15) is 11.9 Å². The number of hydrogen-bond donors (Lipinski definition) is 2. The molecule has 1 unspecified atom stereocenters. The van der Waals surface area contributed by atoms with Gasteiger partial charge < -0.3 is 15.0 Å². The van der Waals surface area contributed by atoms with Crippen molar-refractivity contribution in [3.8, 4) is 0 Å². The van der Waals surface area contributed by atoms with Crippen LogP contribution in [0.5, 0.6) is 0 Å². The Bertz CT molecular complexity index is 890. The molecule has 3 rings (SSSR count). The minimum atomic E-state index is -3.48. The molecule has 2 aliphatic heterocycles. The topological polar surface area (TPSA) is 94.2 Å². The van der Waals surface area contributed by atoms with Gasteiger partial charge in [0.05, 0.1) is 29.5 Å². The van der Waals surface area contributed by atoms with Crippen molar-refractivity contribution >= 4 is 44.9 Å². The number of nitrogens with one attached hydrogen (secondary N) is 2. The van der Waals surface area contributed by atoms with Crippen LogP contribution in [0, 0.1) is 5.82 Å². The zero-order valence-electron chi connectivity index (χ0n) is 16.2. The van der Waals surface area contributed by atoms with Crippen LogP contribution in [0.25, 0.3) is 0 Å². The fraction of sp³-hybridized carbons (Fsp3) is 0.529. The van der Waals surface area contributed by atoms with E-state index in [1.807, 2.05) is 0 Å². The van der Waals surface area contributed by atoms with E-state index in [0.717, 1.165) is 0 Å². The molecule has 0 bridgehead atoms. The van der Waals surface area contributed by atoms with Crippen molar-refractivity contribution in [1.29, 1.82) is 0 Å². The standard InChI is InChI=1S/C17H24FN5O4S2/c1-12(28)20-10-14-11-23(17(24)27-14)13-3-4-16(15(18)9-13)21-5-7-22(8-6-21)29(25,26)19-2/h3-4,9,14,19H,5-8,10-11H2,1-2H3,(H,20,28). The molecule has 0 radical (unpaired) electrons. The van der Waals surface area contributed by atoms with Gasteiger partial charge >= 0.3 is 6.09 Å². The van der Waals surface area contributed by atoms with E-state index in [1.165, 1.54) is 22.3 Å². The molecule has 2 heterocycles. The number of thiocarbonyl (C=S) groups is 1. The average molecular weight is 446 g/mol. The van der Waals surface area contributed by atoms with Crippen LogP contribution in [0.1, 0.15) is 6.92 Å². The Kier molecular flexibility index (Phi) is 6.56. The summed E-state index contributed by atoms with van der Waals surface area (Å²) in [6.45, 7) is 3.70. The fourth-order valence-corrected chi connectivity index (χ4v) is 4.30. The number of ether oxygens (including phenoxy) is 1. The Morgan fingerprint density at radius 1 is 1.31 bits per heavy atom. The summed E-state index contributed by atoms with van der Waals surface area (Å²) < 4.78 is 47.4. The van der Waals surface area contributed by atoms with Crippen LogP contribution in [0.4, 0.5) is 20.6 Å². The van der Waals surface area contributed by atoms with E-state index >= 15 is 0 Å². The molecule has 1 amide bonds. The highest BCUT2D eigenvalue weighted by Gasteiger charge is 2.33. The number of piperazine rings is 1. The molecule has 1 atom stereocenters. The van der Waals surface area contributed by atoms with Gasteiger partial charge in [-0.15, -0.1) is 0 Å². The lowest BCUT2D eigenvalue weighted by Crippen LogP contribution is -2.51. The van der Waals surface area contributed by atoms with Gasteiger partial charge in [0.2, 0.25) is 0 Å². The average Bonchev–Trinajstić information content (AvgIpc) is 3.07. The van der Waals surface area contributed by atoms with Crippen LogP contribution in [-0.4, -0.2) is 76.2 Å². The van der Waals surface area contributed by atoms with E-state index in [4.69, 9.17) is 17.0 Å². The second kappa shape index (κ2) is 8.78. The molecule has 29 heavy (non-hydrogen) atoms. The second-order valence-electron chi connectivity index (χ2n) is 6.78. The maximum Gasteiger partial charge on any atom is 0.414 e. The summed E-state index contributed by atoms with van der Waals surface area (Å²) in [5.74, 6) is -0.475. The molecule has 0 spiro atoms. The van der Waals surface area contributed by atoms with Crippen LogP contribution in [-0.2, 0) is 14.9 Å². The summed E-state index contributed by atoms with van der Waals surface area (Å²) in [4.78, 5) is 15.9. The first kappa shape index (κ1) is 21.7. The molecule has 160 valence electrons. The number of benzene rings is 1. The molecule has 2 N–H and O–H groups in total. The predicted octanol–water partition coefficient (Wildman–Crippen LogP) is 0.674. The quantitative estimate of drug-likeness (QED) is 0.622. The molecular weight excluding hydrogens is 421 g/mol. The Labute approximate surface area is 175 Å². The zero-order chi connectivity index (χ0) is 21.2. The van der Waals surface area contributed by atoms with Crippen molar-refractivity contribution in [1.82, 2.24) is 14.3 Å². The van der Waals surface area contributed by atoms with Gasteiger partial charge in [0, 0.05) is 33.2 Å². The largest absolute Gasteiger partial charge is 0.442 e. The SMILES string of the molecule is CNS(=O)(=O)N1CCN(c2ccc(N3CC(CNC(C)=S)OC3=O)cc2F)CC1. The molecule has 0 saturated carbocycles. The minimum absolute atomic E-state index is 0.261. The molecule has 2 aliphatic rings. The van der Waals surface area contributed by atoms with Crippen LogP contribution >= 0.6 is 12.2 Å².